The minimum Gasteiger partial charge on any atom is -0.493 e. The van der Waals surface area contributed by atoms with Crippen molar-refractivity contribution in [2.24, 2.45) is 11.7 Å². The first-order valence-corrected chi connectivity index (χ1v) is 10.2. The first kappa shape index (κ1) is 22.3. The van der Waals surface area contributed by atoms with E-state index >= 15 is 0 Å². The summed E-state index contributed by atoms with van der Waals surface area (Å²) in [5.41, 5.74) is 7.31. The lowest BCUT2D eigenvalue weighted by atomic mass is 9.99. The molecular formula is C23H29N3O5. The number of nitrogens with two attached hydrogens (primary N) is 1. The third-order valence-electron chi connectivity index (χ3n) is 5.36. The molecule has 3 N–H and O–H groups in total. The highest BCUT2D eigenvalue weighted by molar-refractivity contribution is 6.05. The van der Waals surface area contributed by atoms with Gasteiger partial charge in [-0.25, -0.2) is 0 Å². The summed E-state index contributed by atoms with van der Waals surface area (Å²) in [5.74, 6) is 0.559. The summed E-state index contributed by atoms with van der Waals surface area (Å²) in [6, 6.07) is 10.9. The highest BCUT2D eigenvalue weighted by Crippen LogP contribution is 2.38. The van der Waals surface area contributed by atoms with Crippen molar-refractivity contribution < 1.29 is 23.8 Å². The Kier molecular flexibility index (Phi) is 7.23. The second-order valence-corrected chi connectivity index (χ2v) is 7.64. The molecule has 0 radical (unpaired) electrons. The molecule has 0 spiro atoms. The monoisotopic (exact) mass is 427 g/mol. The van der Waals surface area contributed by atoms with Crippen LogP contribution in [0.3, 0.4) is 0 Å². The van der Waals surface area contributed by atoms with E-state index in [1.54, 1.807) is 0 Å². The molecule has 1 aliphatic heterocycles. The number of amides is 2. The molecule has 0 atom stereocenters. The SMILES string of the molecule is COc1cc(C(=O)Nc2ccc(N3CCC(C)CC3)cc2)cc(OC)c1OCC(N)=O. The normalized spacial score (nSPS) is 14.1. The van der Waals surface area contributed by atoms with Crippen LogP contribution in [0.1, 0.15) is 30.1 Å². The number of primary amides is 1. The Balaban J connectivity index is 1.73. The Morgan fingerprint density at radius 2 is 1.65 bits per heavy atom. The Morgan fingerprint density at radius 1 is 1.06 bits per heavy atom. The number of hydrogen-bond acceptors (Lipinski definition) is 6. The molecule has 8 nitrogen and oxygen atoms in total. The third-order valence-corrected chi connectivity index (χ3v) is 5.36. The quantitative estimate of drug-likeness (QED) is 0.671. The van der Waals surface area contributed by atoms with Gasteiger partial charge in [-0.15, -0.1) is 0 Å². The Morgan fingerprint density at radius 3 is 2.16 bits per heavy atom. The van der Waals surface area contributed by atoms with Crippen molar-refractivity contribution in [2.75, 3.05) is 44.1 Å². The maximum absolute atomic E-state index is 12.8. The summed E-state index contributed by atoms with van der Waals surface area (Å²) in [5, 5.41) is 2.88. The molecule has 8 heteroatoms. The Hall–Kier alpha value is -3.42. The highest BCUT2D eigenvalue weighted by Gasteiger charge is 2.19. The fourth-order valence-electron chi connectivity index (χ4n) is 3.52. The van der Waals surface area contributed by atoms with Crippen LogP contribution in [0.5, 0.6) is 17.2 Å². The fraction of sp³-hybridized carbons (Fsp3) is 0.391. The van der Waals surface area contributed by atoms with E-state index in [2.05, 4.69) is 17.1 Å². The highest BCUT2D eigenvalue weighted by atomic mass is 16.5. The number of hydrogen-bond donors (Lipinski definition) is 2. The summed E-state index contributed by atoms with van der Waals surface area (Å²) < 4.78 is 16.0. The van der Waals surface area contributed by atoms with Gasteiger partial charge in [0.25, 0.3) is 11.8 Å². The van der Waals surface area contributed by atoms with Crippen LogP contribution in [-0.4, -0.2) is 45.7 Å². The maximum atomic E-state index is 12.8. The number of carbonyl (C=O) groups excluding carboxylic acids is 2. The molecule has 0 saturated carbocycles. The van der Waals surface area contributed by atoms with Gasteiger partial charge in [-0.3, -0.25) is 9.59 Å². The van der Waals surface area contributed by atoms with Gasteiger partial charge in [-0.2, -0.15) is 0 Å². The van der Waals surface area contributed by atoms with Gasteiger partial charge < -0.3 is 30.2 Å². The van der Waals surface area contributed by atoms with Gasteiger partial charge >= 0.3 is 0 Å². The van der Waals surface area contributed by atoms with Crippen molar-refractivity contribution in [3.63, 3.8) is 0 Å². The van der Waals surface area contributed by atoms with E-state index in [4.69, 9.17) is 19.9 Å². The van der Waals surface area contributed by atoms with Crippen LogP contribution >= 0.6 is 0 Å². The van der Waals surface area contributed by atoms with E-state index in [1.165, 1.54) is 39.2 Å². The number of carbonyl (C=O) groups is 2. The maximum Gasteiger partial charge on any atom is 0.255 e. The minimum absolute atomic E-state index is 0.209. The van der Waals surface area contributed by atoms with Crippen molar-refractivity contribution in [1.29, 1.82) is 0 Å². The van der Waals surface area contributed by atoms with Crippen molar-refractivity contribution in [3.8, 4) is 17.2 Å². The average molecular weight is 428 g/mol. The van der Waals surface area contributed by atoms with E-state index in [9.17, 15) is 9.59 Å². The topological polar surface area (TPSA) is 103 Å². The molecule has 0 aromatic heterocycles. The number of rotatable bonds is 8. The smallest absolute Gasteiger partial charge is 0.255 e. The second-order valence-electron chi connectivity index (χ2n) is 7.64. The van der Waals surface area contributed by atoms with Crippen molar-refractivity contribution in [3.05, 3.63) is 42.0 Å². The van der Waals surface area contributed by atoms with E-state index in [-0.39, 0.29) is 29.8 Å². The van der Waals surface area contributed by atoms with Crippen LogP contribution < -0.4 is 30.2 Å². The minimum atomic E-state index is -0.631. The molecule has 2 aromatic rings. The van der Waals surface area contributed by atoms with Crippen molar-refractivity contribution in [2.45, 2.75) is 19.8 Å². The van der Waals surface area contributed by atoms with Gasteiger partial charge in [-0.1, -0.05) is 6.92 Å². The van der Waals surface area contributed by atoms with Gasteiger partial charge in [0.15, 0.2) is 18.1 Å². The predicted octanol–water partition coefficient (Wildman–Crippen LogP) is 3.06. The third kappa shape index (κ3) is 5.59. The number of nitrogens with one attached hydrogen (secondary N) is 1. The molecule has 166 valence electrons. The summed E-state index contributed by atoms with van der Waals surface area (Å²) in [6.07, 6.45) is 2.39. The summed E-state index contributed by atoms with van der Waals surface area (Å²) >= 11 is 0. The van der Waals surface area contributed by atoms with Crippen LogP contribution in [-0.2, 0) is 4.79 Å². The molecule has 1 fully saturated rings. The largest absolute Gasteiger partial charge is 0.493 e. The first-order chi connectivity index (χ1) is 14.9. The van der Waals surface area contributed by atoms with Gasteiger partial charge in [0.1, 0.15) is 0 Å². The summed E-state index contributed by atoms with van der Waals surface area (Å²) in [4.78, 5) is 26.2. The van der Waals surface area contributed by atoms with Gasteiger partial charge in [-0.05, 0) is 55.2 Å². The molecule has 3 rings (SSSR count). The number of methoxy groups -OCH3 is 2. The Bertz CT molecular complexity index is 896. The molecule has 0 bridgehead atoms. The van der Waals surface area contributed by atoms with Crippen LogP contribution in [0, 0.1) is 5.92 Å². The summed E-state index contributed by atoms with van der Waals surface area (Å²) in [7, 11) is 2.88. The van der Waals surface area contributed by atoms with Crippen molar-refractivity contribution >= 4 is 23.2 Å². The molecule has 2 aromatic carbocycles. The zero-order valence-corrected chi connectivity index (χ0v) is 18.1. The first-order valence-electron chi connectivity index (χ1n) is 10.2. The molecular weight excluding hydrogens is 398 g/mol. The molecule has 0 aliphatic carbocycles. The molecule has 1 heterocycles. The van der Waals surface area contributed by atoms with Gasteiger partial charge in [0.05, 0.1) is 14.2 Å². The van der Waals surface area contributed by atoms with Crippen LogP contribution in [0.25, 0.3) is 0 Å². The van der Waals surface area contributed by atoms with E-state index in [0.29, 0.717) is 11.3 Å². The lowest BCUT2D eigenvalue weighted by Gasteiger charge is -2.32. The number of benzene rings is 2. The number of anilines is 2. The van der Waals surface area contributed by atoms with Gasteiger partial charge in [0, 0.05) is 30.0 Å². The van der Waals surface area contributed by atoms with Crippen molar-refractivity contribution in [1.82, 2.24) is 0 Å². The van der Waals surface area contributed by atoms with Crippen LogP contribution in [0.4, 0.5) is 11.4 Å². The van der Waals surface area contributed by atoms with E-state index in [0.717, 1.165) is 24.7 Å². The Labute approximate surface area is 182 Å². The molecule has 1 aliphatic rings. The fourth-order valence-corrected chi connectivity index (χ4v) is 3.52. The van der Waals surface area contributed by atoms with E-state index in [1.807, 2.05) is 24.3 Å². The zero-order valence-electron chi connectivity index (χ0n) is 18.1. The number of ether oxygens (including phenoxy) is 3. The number of nitrogens with zero attached hydrogens (tertiary/aromatic N) is 1. The molecule has 0 unspecified atom stereocenters. The second kappa shape index (κ2) is 10.1. The lowest BCUT2D eigenvalue weighted by molar-refractivity contribution is -0.120. The standard InChI is InChI=1S/C23H29N3O5/c1-15-8-10-26(11-9-15)18-6-4-17(5-7-18)25-23(28)16-12-19(29-2)22(20(13-16)30-3)31-14-21(24)27/h4-7,12-13,15H,8-11,14H2,1-3H3,(H2,24,27)(H,25,28). The number of piperidine rings is 1. The zero-order chi connectivity index (χ0) is 22.4. The van der Waals surface area contributed by atoms with E-state index < -0.39 is 5.91 Å². The van der Waals surface area contributed by atoms with Crippen LogP contribution in [0.15, 0.2) is 36.4 Å². The summed E-state index contributed by atoms with van der Waals surface area (Å²) in [6.45, 7) is 4.06. The molecule has 1 saturated heterocycles. The predicted molar refractivity (Wildman–Crippen MR) is 119 cm³/mol. The van der Waals surface area contributed by atoms with Crippen LogP contribution in [0.2, 0.25) is 0 Å². The van der Waals surface area contributed by atoms with Gasteiger partial charge in [0.2, 0.25) is 5.75 Å². The average Bonchev–Trinajstić information content (AvgIpc) is 2.78. The lowest BCUT2D eigenvalue weighted by Crippen LogP contribution is -2.32. The molecule has 2 amide bonds. The molecule has 31 heavy (non-hydrogen) atoms.